The van der Waals surface area contributed by atoms with Crippen molar-refractivity contribution in [1.82, 2.24) is 5.32 Å². The zero-order valence-corrected chi connectivity index (χ0v) is 15.9. The van der Waals surface area contributed by atoms with Gasteiger partial charge in [0.2, 0.25) is 5.91 Å². The molecule has 0 radical (unpaired) electrons. The molecule has 0 aliphatic heterocycles. The van der Waals surface area contributed by atoms with Crippen molar-refractivity contribution in [3.8, 4) is 5.75 Å². The fourth-order valence-corrected chi connectivity index (χ4v) is 2.57. The van der Waals surface area contributed by atoms with Gasteiger partial charge in [-0.1, -0.05) is 43.9 Å². The first-order valence-corrected chi connectivity index (χ1v) is 9.61. The molecule has 1 aromatic carbocycles. The molecule has 0 unspecified atom stereocenters. The predicted octanol–water partition coefficient (Wildman–Crippen LogP) is 5.89. The standard InChI is InChI=1S/C20H28F5NO2/c21-19(22,20(23,24)25)14-10-13-18(27)26-15-8-3-1-2-4-9-16-28-17-11-6-5-7-12-17/h5-7,11-12H,1-4,8-10,13-16H2,(H,26,27). The average Bonchev–Trinajstić information content (AvgIpc) is 2.63. The van der Waals surface area contributed by atoms with E-state index >= 15 is 0 Å². The van der Waals surface area contributed by atoms with Crippen molar-refractivity contribution >= 4 is 5.91 Å². The number of carbonyl (C=O) groups is 1. The first kappa shape index (κ1) is 24.2. The van der Waals surface area contributed by atoms with Gasteiger partial charge in [0, 0.05) is 19.4 Å². The Morgan fingerprint density at radius 1 is 0.857 bits per heavy atom. The number of alkyl halides is 5. The highest BCUT2D eigenvalue weighted by atomic mass is 19.4. The fourth-order valence-electron chi connectivity index (χ4n) is 2.57. The molecule has 0 fully saturated rings. The first-order chi connectivity index (χ1) is 13.2. The van der Waals surface area contributed by atoms with E-state index in [9.17, 15) is 26.7 Å². The highest BCUT2D eigenvalue weighted by Crippen LogP contribution is 2.39. The summed E-state index contributed by atoms with van der Waals surface area (Å²) in [5.74, 6) is -4.37. The van der Waals surface area contributed by atoms with Crippen LogP contribution in [0.4, 0.5) is 22.0 Å². The lowest BCUT2D eigenvalue weighted by Crippen LogP contribution is -2.36. The Morgan fingerprint density at radius 2 is 1.46 bits per heavy atom. The molecule has 28 heavy (non-hydrogen) atoms. The molecule has 0 heterocycles. The number of halogens is 5. The second-order valence-electron chi connectivity index (χ2n) is 6.69. The summed E-state index contributed by atoms with van der Waals surface area (Å²) in [7, 11) is 0. The maximum Gasteiger partial charge on any atom is 0.453 e. The van der Waals surface area contributed by atoms with Crippen LogP contribution >= 0.6 is 0 Å². The number of nitrogens with one attached hydrogen (secondary N) is 1. The molecule has 1 rings (SSSR count). The number of rotatable bonds is 14. The molecule has 1 amide bonds. The molecule has 0 saturated carbocycles. The molecule has 0 aromatic heterocycles. The maximum atomic E-state index is 12.7. The van der Waals surface area contributed by atoms with Crippen LogP contribution in [0.2, 0.25) is 0 Å². The SMILES string of the molecule is O=C(CCCC(F)(F)C(F)(F)F)NCCCCCCCCOc1ccccc1. The lowest BCUT2D eigenvalue weighted by molar-refractivity contribution is -0.284. The number of hydrogen-bond acceptors (Lipinski definition) is 2. The van der Waals surface area contributed by atoms with Gasteiger partial charge in [0.15, 0.2) is 0 Å². The Balaban J connectivity index is 1.91. The van der Waals surface area contributed by atoms with E-state index in [-0.39, 0.29) is 6.42 Å². The molecule has 0 aliphatic carbocycles. The summed E-state index contributed by atoms with van der Waals surface area (Å²) >= 11 is 0. The third kappa shape index (κ3) is 10.5. The van der Waals surface area contributed by atoms with E-state index in [1.54, 1.807) is 0 Å². The van der Waals surface area contributed by atoms with Gasteiger partial charge in [-0.2, -0.15) is 22.0 Å². The topological polar surface area (TPSA) is 38.3 Å². The molecule has 0 spiro atoms. The van der Waals surface area contributed by atoms with Crippen LogP contribution in [-0.4, -0.2) is 31.2 Å². The molecule has 0 atom stereocenters. The van der Waals surface area contributed by atoms with E-state index in [1.807, 2.05) is 30.3 Å². The number of hydrogen-bond donors (Lipinski definition) is 1. The van der Waals surface area contributed by atoms with Crippen molar-refractivity contribution < 1.29 is 31.5 Å². The largest absolute Gasteiger partial charge is 0.494 e. The maximum absolute atomic E-state index is 12.7. The van der Waals surface area contributed by atoms with E-state index in [4.69, 9.17) is 4.74 Å². The second kappa shape index (κ2) is 12.6. The molecular weight excluding hydrogens is 381 g/mol. The fraction of sp³-hybridized carbons (Fsp3) is 0.650. The van der Waals surface area contributed by atoms with Gasteiger partial charge in [0.1, 0.15) is 5.75 Å². The van der Waals surface area contributed by atoms with Crippen molar-refractivity contribution in [2.75, 3.05) is 13.2 Å². The molecule has 0 bridgehead atoms. The Hall–Kier alpha value is -1.86. The highest BCUT2D eigenvalue weighted by Gasteiger charge is 2.56. The zero-order valence-electron chi connectivity index (χ0n) is 15.9. The van der Waals surface area contributed by atoms with Crippen molar-refractivity contribution in [3.05, 3.63) is 30.3 Å². The van der Waals surface area contributed by atoms with Crippen LogP contribution in [0.25, 0.3) is 0 Å². The van der Waals surface area contributed by atoms with Gasteiger partial charge in [-0.25, -0.2) is 0 Å². The van der Waals surface area contributed by atoms with Crippen LogP contribution in [0, 0.1) is 0 Å². The van der Waals surface area contributed by atoms with Crippen LogP contribution in [0.1, 0.15) is 57.8 Å². The number of ether oxygens (including phenoxy) is 1. The van der Waals surface area contributed by atoms with Gasteiger partial charge in [0.05, 0.1) is 6.61 Å². The number of para-hydroxylation sites is 1. The van der Waals surface area contributed by atoms with Crippen LogP contribution < -0.4 is 10.1 Å². The third-order valence-corrected chi connectivity index (χ3v) is 4.21. The van der Waals surface area contributed by atoms with E-state index in [2.05, 4.69) is 5.32 Å². The van der Waals surface area contributed by atoms with Crippen LogP contribution in [0.5, 0.6) is 5.75 Å². The summed E-state index contributed by atoms with van der Waals surface area (Å²) in [5, 5.41) is 2.55. The molecule has 160 valence electrons. The number of unbranched alkanes of at least 4 members (excludes halogenated alkanes) is 5. The van der Waals surface area contributed by atoms with Gasteiger partial charge in [-0.05, 0) is 31.4 Å². The lowest BCUT2D eigenvalue weighted by atomic mass is 10.1. The second-order valence-corrected chi connectivity index (χ2v) is 6.69. The summed E-state index contributed by atoms with van der Waals surface area (Å²) in [5.41, 5.74) is 0. The summed E-state index contributed by atoms with van der Waals surface area (Å²) in [6.07, 6.45) is -1.99. The molecular formula is C20H28F5NO2. The zero-order chi connectivity index (χ0) is 20.9. The third-order valence-electron chi connectivity index (χ3n) is 4.21. The van der Waals surface area contributed by atoms with Gasteiger partial charge < -0.3 is 10.1 Å². The minimum atomic E-state index is -5.56. The Kier molecular flexibility index (Phi) is 10.9. The Bertz CT molecular complexity index is 549. The molecule has 8 heteroatoms. The van der Waals surface area contributed by atoms with Gasteiger partial charge in [-0.15, -0.1) is 0 Å². The van der Waals surface area contributed by atoms with Crippen molar-refractivity contribution in [2.24, 2.45) is 0 Å². The van der Waals surface area contributed by atoms with Crippen LogP contribution in [-0.2, 0) is 4.79 Å². The van der Waals surface area contributed by atoms with Gasteiger partial charge in [-0.3, -0.25) is 4.79 Å². The molecule has 1 aromatic rings. The Labute approximate surface area is 162 Å². The normalized spacial score (nSPS) is 12.0. The van der Waals surface area contributed by atoms with Gasteiger partial charge in [0.25, 0.3) is 0 Å². The molecule has 1 N–H and O–H groups in total. The highest BCUT2D eigenvalue weighted by molar-refractivity contribution is 5.75. The number of carbonyl (C=O) groups excluding carboxylic acids is 1. The van der Waals surface area contributed by atoms with E-state index in [0.717, 1.165) is 44.3 Å². The molecule has 0 saturated heterocycles. The van der Waals surface area contributed by atoms with Crippen molar-refractivity contribution in [1.29, 1.82) is 0 Å². The van der Waals surface area contributed by atoms with Crippen molar-refractivity contribution in [2.45, 2.75) is 69.9 Å². The van der Waals surface area contributed by atoms with Gasteiger partial charge >= 0.3 is 12.1 Å². The Morgan fingerprint density at radius 3 is 2.11 bits per heavy atom. The minimum Gasteiger partial charge on any atom is -0.494 e. The van der Waals surface area contributed by atoms with E-state index in [0.29, 0.717) is 13.2 Å². The quantitative estimate of drug-likeness (QED) is 0.307. The van der Waals surface area contributed by atoms with E-state index in [1.165, 1.54) is 0 Å². The average molecular weight is 409 g/mol. The monoisotopic (exact) mass is 409 g/mol. The lowest BCUT2D eigenvalue weighted by Gasteiger charge is -2.19. The van der Waals surface area contributed by atoms with Crippen LogP contribution in [0.3, 0.4) is 0 Å². The summed E-state index contributed by atoms with van der Waals surface area (Å²) in [4.78, 5) is 11.5. The van der Waals surface area contributed by atoms with Crippen LogP contribution in [0.15, 0.2) is 30.3 Å². The van der Waals surface area contributed by atoms with Crippen molar-refractivity contribution in [3.63, 3.8) is 0 Å². The minimum absolute atomic E-state index is 0.326. The first-order valence-electron chi connectivity index (χ1n) is 9.61. The molecule has 3 nitrogen and oxygen atoms in total. The summed E-state index contributed by atoms with van der Waals surface area (Å²) in [6, 6.07) is 9.60. The molecule has 0 aliphatic rings. The summed E-state index contributed by atoms with van der Waals surface area (Å²) in [6.45, 7) is 1.08. The van der Waals surface area contributed by atoms with E-state index < -0.39 is 30.8 Å². The predicted molar refractivity (Wildman–Crippen MR) is 97.5 cm³/mol. The summed E-state index contributed by atoms with van der Waals surface area (Å²) < 4.78 is 67.0. The number of amides is 1. The smallest absolute Gasteiger partial charge is 0.453 e. The number of benzene rings is 1.